The first-order valence-electron chi connectivity index (χ1n) is 8.51. The van der Waals surface area contributed by atoms with E-state index in [0.29, 0.717) is 5.69 Å². The summed E-state index contributed by atoms with van der Waals surface area (Å²) in [6, 6.07) is 10.1. The SMILES string of the molecule is Cc1ccc(NC(=O)[C@@H]2CC(=O)N(c3cccc(C(F)(F)F)c3)C2)cc1C. The van der Waals surface area contributed by atoms with Crippen molar-refractivity contribution in [2.24, 2.45) is 5.92 Å². The number of nitrogens with zero attached hydrogens (tertiary/aromatic N) is 1. The number of halogens is 3. The van der Waals surface area contributed by atoms with Crippen molar-refractivity contribution >= 4 is 23.2 Å². The van der Waals surface area contributed by atoms with Crippen LogP contribution in [0, 0.1) is 19.8 Å². The highest BCUT2D eigenvalue weighted by atomic mass is 19.4. The predicted octanol–water partition coefficient (Wildman–Crippen LogP) is 4.31. The molecule has 2 aromatic carbocycles. The summed E-state index contributed by atoms with van der Waals surface area (Å²) < 4.78 is 38.7. The van der Waals surface area contributed by atoms with Gasteiger partial charge in [0.1, 0.15) is 0 Å². The van der Waals surface area contributed by atoms with E-state index in [0.717, 1.165) is 23.3 Å². The molecule has 2 aromatic rings. The second-order valence-electron chi connectivity index (χ2n) is 6.74. The summed E-state index contributed by atoms with van der Waals surface area (Å²) in [5, 5.41) is 2.78. The van der Waals surface area contributed by atoms with Crippen LogP contribution in [0.4, 0.5) is 24.5 Å². The van der Waals surface area contributed by atoms with Crippen LogP contribution in [-0.2, 0) is 15.8 Å². The van der Waals surface area contributed by atoms with E-state index >= 15 is 0 Å². The fraction of sp³-hybridized carbons (Fsp3) is 0.300. The first kappa shape index (κ1) is 18.9. The first-order chi connectivity index (χ1) is 12.6. The Morgan fingerprint density at radius 3 is 2.52 bits per heavy atom. The lowest BCUT2D eigenvalue weighted by Gasteiger charge is -2.18. The van der Waals surface area contributed by atoms with Crippen LogP contribution in [0.25, 0.3) is 0 Å². The largest absolute Gasteiger partial charge is 0.416 e. The van der Waals surface area contributed by atoms with Gasteiger partial charge in [-0.3, -0.25) is 9.59 Å². The predicted molar refractivity (Wildman–Crippen MR) is 96.4 cm³/mol. The van der Waals surface area contributed by atoms with Crippen molar-refractivity contribution in [1.29, 1.82) is 0 Å². The zero-order valence-corrected chi connectivity index (χ0v) is 14.9. The smallest absolute Gasteiger partial charge is 0.326 e. The number of aryl methyl sites for hydroxylation is 2. The van der Waals surface area contributed by atoms with Gasteiger partial charge >= 0.3 is 6.18 Å². The monoisotopic (exact) mass is 376 g/mol. The maximum atomic E-state index is 12.9. The van der Waals surface area contributed by atoms with Crippen molar-refractivity contribution in [2.45, 2.75) is 26.4 Å². The van der Waals surface area contributed by atoms with Gasteiger partial charge < -0.3 is 10.2 Å². The van der Waals surface area contributed by atoms with Crippen LogP contribution < -0.4 is 10.2 Å². The molecule has 2 amide bonds. The summed E-state index contributed by atoms with van der Waals surface area (Å²) >= 11 is 0. The average Bonchev–Trinajstić information content (AvgIpc) is 2.99. The Morgan fingerprint density at radius 2 is 1.85 bits per heavy atom. The van der Waals surface area contributed by atoms with Crippen molar-refractivity contribution < 1.29 is 22.8 Å². The van der Waals surface area contributed by atoms with E-state index in [-0.39, 0.29) is 30.5 Å². The molecule has 1 heterocycles. The molecule has 1 fully saturated rings. The van der Waals surface area contributed by atoms with E-state index in [9.17, 15) is 22.8 Å². The number of hydrogen-bond donors (Lipinski definition) is 1. The molecular weight excluding hydrogens is 357 g/mol. The normalized spacial score (nSPS) is 17.3. The third-order valence-electron chi connectivity index (χ3n) is 4.76. The van der Waals surface area contributed by atoms with Crippen LogP contribution in [0.2, 0.25) is 0 Å². The van der Waals surface area contributed by atoms with E-state index in [4.69, 9.17) is 0 Å². The lowest BCUT2D eigenvalue weighted by molar-refractivity contribution is -0.137. The molecule has 4 nitrogen and oxygen atoms in total. The van der Waals surface area contributed by atoms with Gasteiger partial charge in [-0.2, -0.15) is 13.2 Å². The van der Waals surface area contributed by atoms with E-state index in [1.807, 2.05) is 26.0 Å². The van der Waals surface area contributed by atoms with Crippen LogP contribution in [0.15, 0.2) is 42.5 Å². The van der Waals surface area contributed by atoms with Crippen molar-refractivity contribution in [3.8, 4) is 0 Å². The highest BCUT2D eigenvalue weighted by Crippen LogP contribution is 2.33. The minimum absolute atomic E-state index is 0.0348. The first-order valence-corrected chi connectivity index (χ1v) is 8.51. The van der Waals surface area contributed by atoms with Crippen molar-refractivity contribution in [2.75, 3.05) is 16.8 Å². The zero-order valence-electron chi connectivity index (χ0n) is 14.9. The summed E-state index contributed by atoms with van der Waals surface area (Å²) in [4.78, 5) is 26.0. The van der Waals surface area contributed by atoms with Gasteiger partial charge in [0.15, 0.2) is 0 Å². The number of carbonyl (C=O) groups excluding carboxylic acids is 2. The molecule has 0 aromatic heterocycles. The van der Waals surface area contributed by atoms with Gasteiger partial charge in [0.05, 0.1) is 11.5 Å². The fourth-order valence-electron chi connectivity index (χ4n) is 3.05. The molecule has 1 saturated heterocycles. The lowest BCUT2D eigenvalue weighted by atomic mass is 10.1. The minimum Gasteiger partial charge on any atom is -0.326 e. The van der Waals surface area contributed by atoms with Crippen LogP contribution >= 0.6 is 0 Å². The maximum absolute atomic E-state index is 12.9. The van der Waals surface area contributed by atoms with Gasteiger partial charge in [-0.05, 0) is 55.3 Å². The van der Waals surface area contributed by atoms with Crippen molar-refractivity contribution in [3.05, 3.63) is 59.2 Å². The number of hydrogen-bond acceptors (Lipinski definition) is 2. The molecule has 27 heavy (non-hydrogen) atoms. The third kappa shape index (κ3) is 4.13. The van der Waals surface area contributed by atoms with E-state index in [2.05, 4.69) is 5.32 Å². The van der Waals surface area contributed by atoms with Gasteiger partial charge in [-0.1, -0.05) is 12.1 Å². The Balaban J connectivity index is 1.73. The molecule has 0 saturated carbocycles. The van der Waals surface area contributed by atoms with Crippen molar-refractivity contribution in [1.82, 2.24) is 0 Å². The van der Waals surface area contributed by atoms with Crippen LogP contribution in [0.1, 0.15) is 23.1 Å². The summed E-state index contributed by atoms with van der Waals surface area (Å²) in [5.74, 6) is -1.30. The van der Waals surface area contributed by atoms with Gasteiger partial charge in [0.25, 0.3) is 0 Å². The van der Waals surface area contributed by atoms with E-state index in [1.54, 1.807) is 6.07 Å². The Kier molecular flexibility index (Phi) is 4.95. The molecule has 1 aliphatic rings. The molecule has 0 bridgehead atoms. The number of amides is 2. The molecule has 3 rings (SSSR count). The van der Waals surface area contributed by atoms with E-state index in [1.165, 1.54) is 17.0 Å². The number of rotatable bonds is 3. The fourth-order valence-corrected chi connectivity index (χ4v) is 3.05. The van der Waals surface area contributed by atoms with Crippen LogP contribution in [0.3, 0.4) is 0 Å². The molecule has 0 unspecified atom stereocenters. The summed E-state index contributed by atoms with van der Waals surface area (Å²) in [7, 11) is 0. The van der Waals surface area contributed by atoms with Gasteiger partial charge in [-0.25, -0.2) is 0 Å². The highest BCUT2D eigenvalue weighted by molar-refractivity contribution is 6.03. The van der Waals surface area contributed by atoms with Crippen LogP contribution in [-0.4, -0.2) is 18.4 Å². The quantitative estimate of drug-likeness (QED) is 0.868. The van der Waals surface area contributed by atoms with Gasteiger partial charge in [-0.15, -0.1) is 0 Å². The zero-order chi connectivity index (χ0) is 19.8. The molecular formula is C20H19F3N2O2. The summed E-state index contributed by atoms with van der Waals surface area (Å²) in [5.41, 5.74) is 2.08. The summed E-state index contributed by atoms with van der Waals surface area (Å²) in [6.45, 7) is 3.94. The van der Waals surface area contributed by atoms with E-state index < -0.39 is 17.7 Å². The molecule has 0 radical (unpaired) electrons. The standard InChI is InChI=1S/C20H19F3N2O2/c1-12-6-7-16(8-13(12)2)24-19(27)14-9-18(26)25(11-14)17-5-3-4-15(10-17)20(21,22)23/h3-8,10,14H,9,11H2,1-2H3,(H,24,27)/t14-/m1/s1. The number of carbonyl (C=O) groups is 2. The number of nitrogens with one attached hydrogen (secondary N) is 1. The Hall–Kier alpha value is -2.83. The molecule has 1 atom stereocenters. The third-order valence-corrected chi connectivity index (χ3v) is 4.76. The lowest BCUT2D eigenvalue weighted by Crippen LogP contribution is -2.28. The van der Waals surface area contributed by atoms with Gasteiger partial charge in [0, 0.05) is 24.3 Å². The molecule has 7 heteroatoms. The topological polar surface area (TPSA) is 49.4 Å². The number of benzene rings is 2. The average molecular weight is 376 g/mol. The van der Waals surface area contributed by atoms with Gasteiger partial charge in [0.2, 0.25) is 11.8 Å². The molecule has 1 N–H and O–H groups in total. The Labute approximate surface area is 155 Å². The van der Waals surface area contributed by atoms with Crippen LogP contribution in [0.5, 0.6) is 0 Å². The number of anilines is 2. The Morgan fingerprint density at radius 1 is 1.11 bits per heavy atom. The summed E-state index contributed by atoms with van der Waals surface area (Å²) in [6.07, 6.45) is -4.52. The molecule has 1 aliphatic heterocycles. The maximum Gasteiger partial charge on any atom is 0.416 e. The number of alkyl halides is 3. The molecule has 142 valence electrons. The van der Waals surface area contributed by atoms with Crippen molar-refractivity contribution in [3.63, 3.8) is 0 Å². The Bertz CT molecular complexity index is 893. The minimum atomic E-state index is -4.49. The molecule has 0 aliphatic carbocycles. The highest BCUT2D eigenvalue weighted by Gasteiger charge is 2.37. The second-order valence-corrected chi connectivity index (χ2v) is 6.74. The second kappa shape index (κ2) is 7.06. The molecule has 0 spiro atoms.